The molecule has 0 fully saturated rings. The molecule has 0 saturated carbocycles. The molecule has 16 heavy (non-hydrogen) atoms. The number of hydrogen-bond donors (Lipinski definition) is 0. The normalized spacial score (nSPS) is 11.9. The molecule has 3 heteroatoms. The Morgan fingerprint density at radius 2 is 2.06 bits per heavy atom. The first-order valence-electron chi connectivity index (χ1n) is 5.90. The van der Waals surface area contributed by atoms with E-state index in [1.54, 1.807) is 0 Å². The molecular weight excluding hydrogens is 228 g/mol. The van der Waals surface area contributed by atoms with Gasteiger partial charge in [-0.3, -0.25) is 0 Å². The smallest absolute Gasteiger partial charge is 0.192 e. The van der Waals surface area contributed by atoms with Gasteiger partial charge in [0.25, 0.3) is 0 Å². The van der Waals surface area contributed by atoms with Gasteiger partial charge in [-0.15, -0.1) is 0 Å². The van der Waals surface area contributed by atoms with E-state index in [1.165, 1.54) is 15.9 Å². The van der Waals surface area contributed by atoms with Crippen molar-refractivity contribution < 1.29 is 4.43 Å². The summed E-state index contributed by atoms with van der Waals surface area (Å²) in [6.45, 7) is 13.0. The Morgan fingerprint density at radius 1 is 1.38 bits per heavy atom. The second-order valence-corrected chi connectivity index (χ2v) is 9.18. The second kappa shape index (κ2) is 6.18. The van der Waals surface area contributed by atoms with Gasteiger partial charge in [-0.25, -0.2) is 0 Å². The van der Waals surface area contributed by atoms with Crippen molar-refractivity contribution in [1.29, 1.82) is 0 Å². The Balaban J connectivity index is 2.75. The van der Waals surface area contributed by atoms with Gasteiger partial charge < -0.3 is 4.43 Å². The van der Waals surface area contributed by atoms with Crippen LogP contribution < -0.4 is 5.19 Å². The lowest BCUT2D eigenvalue weighted by atomic mass is 10.2. The molecule has 0 aliphatic rings. The number of hydrogen-bond acceptors (Lipinski definition) is 1. The van der Waals surface area contributed by atoms with Gasteiger partial charge in [0, 0.05) is 6.10 Å². The molecule has 1 nitrogen and oxygen atoms in total. The number of rotatable bonds is 5. The van der Waals surface area contributed by atoms with Crippen LogP contribution in [0.15, 0.2) is 30.8 Å². The van der Waals surface area contributed by atoms with Gasteiger partial charge >= 0.3 is 0 Å². The summed E-state index contributed by atoms with van der Waals surface area (Å²) < 4.78 is 5.74. The Bertz CT molecular complexity index is 359. The molecule has 1 aromatic rings. The lowest BCUT2D eigenvalue weighted by Gasteiger charge is -2.11. The van der Waals surface area contributed by atoms with Gasteiger partial charge in [-0.2, -0.15) is 0 Å². The van der Waals surface area contributed by atoms with Crippen LogP contribution in [0.3, 0.4) is 0 Å². The van der Waals surface area contributed by atoms with E-state index >= 15 is 0 Å². The third kappa shape index (κ3) is 4.08. The summed E-state index contributed by atoms with van der Waals surface area (Å²) in [5.41, 5.74) is 1.32. The highest BCUT2D eigenvalue weighted by molar-refractivity contribution is 6.76. The largest absolute Gasteiger partial charge is 0.416 e. The van der Waals surface area contributed by atoms with Gasteiger partial charge in [0.2, 0.25) is 0 Å². The third-order valence-electron chi connectivity index (χ3n) is 2.58. The van der Waals surface area contributed by atoms with Crippen molar-refractivity contribution in [2.45, 2.75) is 33.0 Å². The predicted octanol–water partition coefficient (Wildman–Crippen LogP) is 1.86. The molecular formula is C13H22OSi2. The van der Waals surface area contributed by atoms with E-state index in [9.17, 15) is 0 Å². The van der Waals surface area contributed by atoms with Gasteiger partial charge in [0.15, 0.2) is 9.76 Å². The zero-order chi connectivity index (χ0) is 12.1. The third-order valence-corrected chi connectivity index (χ3v) is 5.91. The zero-order valence-electron chi connectivity index (χ0n) is 10.8. The molecule has 0 bridgehead atoms. The van der Waals surface area contributed by atoms with Crippen molar-refractivity contribution in [2.75, 3.05) is 0 Å². The lowest BCUT2D eigenvalue weighted by Crippen LogP contribution is -2.21. The predicted molar refractivity (Wildman–Crippen MR) is 78.8 cm³/mol. The van der Waals surface area contributed by atoms with E-state index in [1.807, 2.05) is 0 Å². The molecule has 0 aliphatic carbocycles. The molecule has 0 spiro atoms. The van der Waals surface area contributed by atoms with Crippen molar-refractivity contribution >= 4 is 28.9 Å². The Hall–Kier alpha value is -0.646. The molecule has 88 valence electrons. The van der Waals surface area contributed by atoms with Gasteiger partial charge in [0.05, 0.1) is 8.80 Å². The van der Waals surface area contributed by atoms with Gasteiger partial charge in [-0.05, 0) is 24.6 Å². The lowest BCUT2D eigenvalue weighted by molar-refractivity contribution is 0.260. The minimum Gasteiger partial charge on any atom is -0.416 e. The van der Waals surface area contributed by atoms with Crippen LogP contribution in [0.1, 0.15) is 19.4 Å². The highest BCUT2D eigenvalue weighted by Crippen LogP contribution is 2.13. The van der Waals surface area contributed by atoms with Crippen LogP contribution >= 0.6 is 0 Å². The molecule has 0 aliphatic heterocycles. The Morgan fingerprint density at radius 3 is 2.62 bits per heavy atom. The van der Waals surface area contributed by atoms with Crippen LogP contribution in [0.2, 0.25) is 13.1 Å². The molecule has 0 saturated heterocycles. The average molecular weight is 250 g/mol. The first-order valence-corrected chi connectivity index (χ1v) is 10.1. The summed E-state index contributed by atoms with van der Waals surface area (Å²) in [5, 5.41) is 2.72. The van der Waals surface area contributed by atoms with Gasteiger partial charge in [0.1, 0.15) is 0 Å². The minimum atomic E-state index is -0.771. The standard InChI is InChI=1S/C13H22OSi2/c1-10(2)14-15-13-8-6-7-12(9-13)11(3)16(4)5/h6-10,16H,3,15H2,1-2,4-5H3. The van der Waals surface area contributed by atoms with Crippen molar-refractivity contribution in [3.63, 3.8) is 0 Å². The summed E-state index contributed by atoms with van der Waals surface area (Å²) in [4.78, 5) is 0. The fraction of sp³-hybridized carbons (Fsp3) is 0.385. The van der Waals surface area contributed by atoms with Crippen molar-refractivity contribution in [2.24, 2.45) is 0 Å². The summed E-state index contributed by atoms with van der Waals surface area (Å²) in [6.07, 6.45) is 0.345. The average Bonchev–Trinajstić information content (AvgIpc) is 2.25. The summed E-state index contributed by atoms with van der Waals surface area (Å²) in [6, 6.07) is 8.74. The van der Waals surface area contributed by atoms with Crippen LogP contribution in [0, 0.1) is 0 Å². The maximum absolute atomic E-state index is 5.74. The molecule has 1 rings (SSSR count). The van der Waals surface area contributed by atoms with Crippen molar-refractivity contribution in [3.8, 4) is 0 Å². The minimum absolute atomic E-state index is 0.345. The molecule has 0 aromatic heterocycles. The van der Waals surface area contributed by atoms with Crippen LogP contribution in [0.5, 0.6) is 0 Å². The van der Waals surface area contributed by atoms with E-state index < -0.39 is 18.6 Å². The molecule has 0 radical (unpaired) electrons. The maximum atomic E-state index is 5.74. The first-order chi connectivity index (χ1) is 7.50. The van der Waals surface area contributed by atoms with Crippen molar-refractivity contribution in [1.82, 2.24) is 0 Å². The summed E-state index contributed by atoms with van der Waals surface area (Å²) in [7, 11) is -1.33. The zero-order valence-corrected chi connectivity index (χ0v) is 13.4. The molecule has 0 unspecified atom stereocenters. The SMILES string of the molecule is C=C(c1cccc([SiH2]OC(C)C)c1)[SiH](C)C. The summed E-state index contributed by atoms with van der Waals surface area (Å²) in [5.74, 6) is 0. The quantitative estimate of drug-likeness (QED) is 0.725. The Kier molecular flexibility index (Phi) is 5.18. The highest BCUT2D eigenvalue weighted by Gasteiger charge is 2.06. The fourth-order valence-electron chi connectivity index (χ4n) is 1.46. The molecule has 0 amide bonds. The van der Waals surface area contributed by atoms with Crippen LogP contribution in [-0.4, -0.2) is 24.7 Å². The molecule has 1 aromatic carbocycles. The van der Waals surface area contributed by atoms with Crippen molar-refractivity contribution in [3.05, 3.63) is 36.4 Å². The first kappa shape index (κ1) is 13.4. The van der Waals surface area contributed by atoms with E-state index in [4.69, 9.17) is 4.43 Å². The Labute approximate surface area is 103 Å². The van der Waals surface area contributed by atoms with E-state index in [0.29, 0.717) is 6.10 Å². The number of benzene rings is 1. The molecule has 0 atom stereocenters. The topological polar surface area (TPSA) is 9.23 Å². The summed E-state index contributed by atoms with van der Waals surface area (Å²) >= 11 is 0. The van der Waals surface area contributed by atoms with E-state index in [0.717, 1.165) is 0 Å². The molecule has 0 heterocycles. The van der Waals surface area contributed by atoms with E-state index in [2.05, 4.69) is 57.8 Å². The van der Waals surface area contributed by atoms with E-state index in [-0.39, 0.29) is 0 Å². The maximum Gasteiger partial charge on any atom is 0.192 e. The molecule has 0 N–H and O–H groups in total. The van der Waals surface area contributed by atoms with Crippen LogP contribution in [0.25, 0.3) is 5.20 Å². The van der Waals surface area contributed by atoms with Crippen LogP contribution in [-0.2, 0) is 4.43 Å². The van der Waals surface area contributed by atoms with Gasteiger partial charge in [-0.1, -0.05) is 49.1 Å². The monoisotopic (exact) mass is 250 g/mol. The fourth-order valence-corrected chi connectivity index (χ4v) is 3.36. The van der Waals surface area contributed by atoms with Crippen LogP contribution in [0.4, 0.5) is 0 Å². The second-order valence-electron chi connectivity index (χ2n) is 4.74. The highest BCUT2D eigenvalue weighted by atomic mass is 28.3.